The Morgan fingerprint density at radius 1 is 0.941 bits per heavy atom. The SMILES string of the molecule is O=C(C1CN(Cc2cccc(S(=O)(=O)N3CCOCC3)c2)c2ccccc2O1)N1CCCCC1. The van der Waals surface area contributed by atoms with Gasteiger partial charge in [0.2, 0.25) is 10.0 Å². The Hall–Kier alpha value is -2.62. The molecule has 34 heavy (non-hydrogen) atoms. The molecule has 1 unspecified atom stereocenters. The second-order valence-electron chi connectivity index (χ2n) is 9.00. The van der Waals surface area contributed by atoms with Crippen molar-refractivity contribution < 1.29 is 22.7 Å². The summed E-state index contributed by atoms with van der Waals surface area (Å²) in [5.74, 6) is 0.712. The van der Waals surface area contributed by atoms with E-state index in [4.69, 9.17) is 9.47 Å². The lowest BCUT2D eigenvalue weighted by molar-refractivity contribution is -0.139. The molecule has 3 heterocycles. The second kappa shape index (κ2) is 9.93. The third kappa shape index (κ3) is 4.78. The van der Waals surface area contributed by atoms with Crippen molar-refractivity contribution in [3.8, 4) is 5.75 Å². The molecule has 0 aromatic heterocycles. The Kier molecular flexibility index (Phi) is 6.76. The highest BCUT2D eigenvalue weighted by Gasteiger charge is 2.34. The maximum absolute atomic E-state index is 13.2. The van der Waals surface area contributed by atoms with Gasteiger partial charge in [-0.2, -0.15) is 4.31 Å². The first-order valence-electron chi connectivity index (χ1n) is 12.0. The molecular weight excluding hydrogens is 454 g/mol. The van der Waals surface area contributed by atoms with Gasteiger partial charge in [0, 0.05) is 32.7 Å². The van der Waals surface area contributed by atoms with Crippen LogP contribution in [-0.4, -0.2) is 75.6 Å². The molecular formula is C25H31N3O5S. The summed E-state index contributed by atoms with van der Waals surface area (Å²) < 4.78 is 39.2. The Bertz CT molecular complexity index is 1130. The molecule has 0 aliphatic carbocycles. The number of hydrogen-bond acceptors (Lipinski definition) is 6. The number of carbonyl (C=O) groups is 1. The Morgan fingerprint density at radius 2 is 1.71 bits per heavy atom. The number of hydrogen-bond donors (Lipinski definition) is 0. The quantitative estimate of drug-likeness (QED) is 0.648. The van der Waals surface area contributed by atoms with Crippen molar-refractivity contribution in [1.82, 2.24) is 9.21 Å². The smallest absolute Gasteiger partial charge is 0.265 e. The largest absolute Gasteiger partial charge is 0.477 e. The van der Waals surface area contributed by atoms with Crippen molar-refractivity contribution in [2.24, 2.45) is 0 Å². The molecule has 0 saturated carbocycles. The third-order valence-corrected chi connectivity index (χ3v) is 8.58. The lowest BCUT2D eigenvalue weighted by Gasteiger charge is -2.38. The first-order chi connectivity index (χ1) is 16.5. The maximum Gasteiger partial charge on any atom is 0.265 e. The molecule has 0 N–H and O–H groups in total. The van der Waals surface area contributed by atoms with Gasteiger partial charge in [-0.05, 0) is 49.1 Å². The number of morpholine rings is 1. The highest BCUT2D eigenvalue weighted by atomic mass is 32.2. The number of ether oxygens (including phenoxy) is 2. The van der Waals surface area contributed by atoms with E-state index in [0.717, 1.165) is 43.6 Å². The molecule has 0 bridgehead atoms. The monoisotopic (exact) mass is 485 g/mol. The van der Waals surface area contributed by atoms with Crippen LogP contribution in [0, 0.1) is 0 Å². The van der Waals surface area contributed by atoms with Gasteiger partial charge in [0.1, 0.15) is 5.75 Å². The minimum absolute atomic E-state index is 0.0304. The second-order valence-corrected chi connectivity index (χ2v) is 10.9. The van der Waals surface area contributed by atoms with Crippen molar-refractivity contribution in [3.05, 3.63) is 54.1 Å². The zero-order valence-corrected chi connectivity index (χ0v) is 20.1. The van der Waals surface area contributed by atoms with Gasteiger partial charge < -0.3 is 19.3 Å². The number of sulfonamides is 1. The summed E-state index contributed by atoms with van der Waals surface area (Å²) >= 11 is 0. The molecule has 3 aliphatic rings. The van der Waals surface area contributed by atoms with E-state index in [9.17, 15) is 13.2 Å². The summed E-state index contributed by atoms with van der Waals surface area (Å²) in [6.07, 6.45) is 2.65. The zero-order chi connectivity index (χ0) is 23.5. The van der Waals surface area contributed by atoms with E-state index in [1.54, 1.807) is 18.2 Å². The first-order valence-corrected chi connectivity index (χ1v) is 13.4. The number of amides is 1. The number of rotatable bonds is 5. The molecule has 0 radical (unpaired) electrons. The number of carbonyl (C=O) groups excluding carboxylic acids is 1. The van der Waals surface area contributed by atoms with Crippen molar-refractivity contribution in [1.29, 1.82) is 0 Å². The van der Waals surface area contributed by atoms with Gasteiger partial charge in [-0.15, -0.1) is 0 Å². The molecule has 2 aromatic rings. The van der Waals surface area contributed by atoms with Crippen LogP contribution < -0.4 is 9.64 Å². The predicted octanol–water partition coefficient (Wildman–Crippen LogP) is 2.49. The van der Waals surface area contributed by atoms with E-state index >= 15 is 0 Å². The first kappa shape index (κ1) is 23.1. The van der Waals surface area contributed by atoms with E-state index in [2.05, 4.69) is 4.90 Å². The minimum Gasteiger partial charge on any atom is -0.477 e. The number of para-hydroxylation sites is 2. The van der Waals surface area contributed by atoms with Gasteiger partial charge in [-0.1, -0.05) is 24.3 Å². The van der Waals surface area contributed by atoms with Crippen molar-refractivity contribution >= 4 is 21.6 Å². The lowest BCUT2D eigenvalue weighted by Crippen LogP contribution is -2.51. The standard InChI is InChI=1S/C25H31N3O5S/c29-25(26-11-4-1-5-12-26)24-19-27(22-9-2-3-10-23(22)33-24)18-20-7-6-8-21(17-20)34(30,31)28-13-15-32-16-14-28/h2-3,6-10,17,24H,1,4-5,11-16,18-19H2. The fraction of sp³-hybridized carbons (Fsp3) is 0.480. The predicted molar refractivity (Wildman–Crippen MR) is 128 cm³/mol. The number of benzene rings is 2. The number of nitrogens with zero attached hydrogens (tertiary/aromatic N) is 3. The summed E-state index contributed by atoms with van der Waals surface area (Å²) in [7, 11) is -3.58. The molecule has 9 heteroatoms. The molecule has 1 atom stereocenters. The number of likely N-dealkylation sites (tertiary alicyclic amines) is 1. The molecule has 0 spiro atoms. The molecule has 1 amide bonds. The van der Waals surface area contributed by atoms with Crippen LogP contribution >= 0.6 is 0 Å². The highest BCUT2D eigenvalue weighted by molar-refractivity contribution is 7.89. The van der Waals surface area contributed by atoms with Gasteiger partial charge in [0.25, 0.3) is 5.91 Å². The lowest BCUT2D eigenvalue weighted by atomic mass is 10.1. The summed E-state index contributed by atoms with van der Waals surface area (Å²) in [6.45, 7) is 4.02. The van der Waals surface area contributed by atoms with Crippen LogP contribution in [0.5, 0.6) is 5.75 Å². The fourth-order valence-corrected chi connectivity index (χ4v) is 6.34. The number of anilines is 1. The van der Waals surface area contributed by atoms with Crippen LogP contribution in [0.25, 0.3) is 0 Å². The van der Waals surface area contributed by atoms with Gasteiger partial charge in [0.05, 0.1) is 30.3 Å². The average Bonchev–Trinajstić information content (AvgIpc) is 2.89. The summed E-state index contributed by atoms with van der Waals surface area (Å²) in [5, 5.41) is 0. The van der Waals surface area contributed by atoms with E-state index in [0.29, 0.717) is 45.1 Å². The average molecular weight is 486 g/mol. The Morgan fingerprint density at radius 3 is 2.50 bits per heavy atom. The van der Waals surface area contributed by atoms with Crippen molar-refractivity contribution in [2.75, 3.05) is 50.8 Å². The van der Waals surface area contributed by atoms with Crippen molar-refractivity contribution in [3.63, 3.8) is 0 Å². The molecule has 8 nitrogen and oxygen atoms in total. The topological polar surface area (TPSA) is 79.4 Å². The van der Waals surface area contributed by atoms with Crippen LogP contribution in [0.1, 0.15) is 24.8 Å². The summed E-state index contributed by atoms with van der Waals surface area (Å²) in [5.41, 5.74) is 1.78. The van der Waals surface area contributed by atoms with E-state index in [-0.39, 0.29) is 10.8 Å². The molecule has 2 aromatic carbocycles. The van der Waals surface area contributed by atoms with Crippen LogP contribution in [0.15, 0.2) is 53.4 Å². The van der Waals surface area contributed by atoms with Crippen LogP contribution in [0.4, 0.5) is 5.69 Å². The molecule has 3 aliphatic heterocycles. The highest BCUT2D eigenvalue weighted by Crippen LogP contribution is 2.35. The molecule has 2 saturated heterocycles. The third-order valence-electron chi connectivity index (χ3n) is 6.68. The molecule has 5 rings (SSSR count). The van der Waals surface area contributed by atoms with Crippen LogP contribution in [0.3, 0.4) is 0 Å². The van der Waals surface area contributed by atoms with Crippen LogP contribution in [0.2, 0.25) is 0 Å². The normalized spacial score (nSPS) is 21.6. The van der Waals surface area contributed by atoms with Gasteiger partial charge >= 0.3 is 0 Å². The maximum atomic E-state index is 13.2. The molecule has 182 valence electrons. The van der Waals surface area contributed by atoms with Gasteiger partial charge in [-0.25, -0.2) is 8.42 Å². The Labute approximate surface area is 201 Å². The summed E-state index contributed by atoms with van der Waals surface area (Å²) in [4.78, 5) is 17.5. The van der Waals surface area contributed by atoms with Crippen molar-refractivity contribution in [2.45, 2.75) is 36.8 Å². The fourth-order valence-electron chi connectivity index (χ4n) is 4.86. The van der Waals surface area contributed by atoms with Crippen LogP contribution in [-0.2, 0) is 26.1 Å². The Balaban J connectivity index is 1.37. The van der Waals surface area contributed by atoms with E-state index in [1.165, 1.54) is 4.31 Å². The summed E-state index contributed by atoms with van der Waals surface area (Å²) in [6, 6.07) is 14.8. The van der Waals surface area contributed by atoms with Gasteiger partial charge in [-0.3, -0.25) is 4.79 Å². The minimum atomic E-state index is -3.58. The van der Waals surface area contributed by atoms with Gasteiger partial charge in [0.15, 0.2) is 6.10 Å². The van der Waals surface area contributed by atoms with E-state index < -0.39 is 16.1 Å². The molecule has 2 fully saturated rings. The number of fused-ring (bicyclic) bond motifs is 1. The zero-order valence-electron chi connectivity index (χ0n) is 19.3. The van der Waals surface area contributed by atoms with E-state index in [1.807, 2.05) is 35.2 Å². The number of piperidine rings is 1.